The van der Waals surface area contributed by atoms with Crippen LogP contribution < -0.4 is 18.9 Å². The second-order valence-corrected chi connectivity index (χ2v) is 7.46. The van der Waals surface area contributed by atoms with E-state index in [0.29, 0.717) is 5.75 Å². The highest BCUT2D eigenvalue weighted by Gasteiger charge is 2.46. The number of phenols is 3. The minimum Gasteiger partial charge on any atom is -0.504 e. The summed E-state index contributed by atoms with van der Waals surface area (Å²) in [6.45, 7) is -0.608. The van der Waals surface area contributed by atoms with Gasteiger partial charge >= 0.3 is 5.97 Å². The molecule has 0 aromatic heterocycles. The van der Waals surface area contributed by atoms with E-state index in [-0.39, 0.29) is 22.8 Å². The number of aliphatic hydroxyl groups is 3. The highest BCUT2D eigenvalue weighted by atomic mass is 16.7. The molecule has 192 valence electrons. The zero-order valence-electron chi connectivity index (χ0n) is 18.9. The van der Waals surface area contributed by atoms with Crippen LogP contribution in [0.3, 0.4) is 0 Å². The van der Waals surface area contributed by atoms with Crippen LogP contribution in [0, 0.1) is 0 Å². The number of methoxy groups -OCH3 is 3. The molecule has 1 aliphatic rings. The molecule has 0 saturated carbocycles. The van der Waals surface area contributed by atoms with Crippen molar-refractivity contribution in [3.63, 3.8) is 0 Å². The summed E-state index contributed by atoms with van der Waals surface area (Å²) in [6, 6.07) is 4.70. The number of rotatable bonds is 8. The van der Waals surface area contributed by atoms with E-state index in [1.807, 2.05) is 0 Å². The maximum Gasteiger partial charge on any atom is 0.338 e. The van der Waals surface area contributed by atoms with Gasteiger partial charge < -0.3 is 59.1 Å². The van der Waals surface area contributed by atoms with Gasteiger partial charge in [-0.05, 0) is 12.1 Å². The molecule has 1 aliphatic heterocycles. The lowest BCUT2D eigenvalue weighted by Gasteiger charge is -2.40. The summed E-state index contributed by atoms with van der Waals surface area (Å²) < 4.78 is 32.0. The maximum atomic E-state index is 12.3. The Morgan fingerprint density at radius 2 is 1.43 bits per heavy atom. The third-order valence-corrected chi connectivity index (χ3v) is 5.26. The topological polar surface area (TPSA) is 194 Å². The first-order valence-electron chi connectivity index (χ1n) is 10.2. The highest BCUT2D eigenvalue weighted by molar-refractivity contribution is 5.91. The molecular weight excluding hydrogens is 472 g/mol. The van der Waals surface area contributed by atoms with Gasteiger partial charge in [-0.15, -0.1) is 0 Å². The Morgan fingerprint density at radius 1 is 0.857 bits per heavy atom. The van der Waals surface area contributed by atoms with Crippen LogP contribution in [-0.2, 0) is 9.47 Å². The molecular formula is C22H26O13. The van der Waals surface area contributed by atoms with Gasteiger partial charge in [0, 0.05) is 12.1 Å². The van der Waals surface area contributed by atoms with E-state index in [4.69, 9.17) is 28.4 Å². The van der Waals surface area contributed by atoms with Crippen molar-refractivity contribution in [1.82, 2.24) is 0 Å². The molecule has 1 fully saturated rings. The second-order valence-electron chi connectivity index (χ2n) is 7.46. The van der Waals surface area contributed by atoms with Crippen molar-refractivity contribution in [1.29, 1.82) is 0 Å². The van der Waals surface area contributed by atoms with Crippen molar-refractivity contribution < 1.29 is 63.9 Å². The van der Waals surface area contributed by atoms with Crippen molar-refractivity contribution in [3.05, 3.63) is 29.8 Å². The van der Waals surface area contributed by atoms with E-state index in [9.17, 15) is 35.4 Å². The van der Waals surface area contributed by atoms with Crippen molar-refractivity contribution >= 4 is 5.97 Å². The molecule has 1 heterocycles. The minimum atomic E-state index is -1.74. The van der Waals surface area contributed by atoms with Gasteiger partial charge in [-0.1, -0.05) is 0 Å². The summed E-state index contributed by atoms with van der Waals surface area (Å²) in [5.74, 6) is -2.63. The molecule has 3 rings (SSSR count). The van der Waals surface area contributed by atoms with Gasteiger partial charge in [0.25, 0.3) is 0 Å². The molecule has 0 radical (unpaired) electrons. The maximum absolute atomic E-state index is 12.3. The fourth-order valence-electron chi connectivity index (χ4n) is 3.32. The summed E-state index contributed by atoms with van der Waals surface area (Å²) in [7, 11) is 4.16. The Kier molecular flexibility index (Phi) is 7.96. The molecule has 1 saturated heterocycles. The Bertz CT molecular complexity index is 1010. The van der Waals surface area contributed by atoms with Crippen LogP contribution in [-0.4, -0.2) is 95.3 Å². The van der Waals surface area contributed by atoms with Crippen LogP contribution in [0.1, 0.15) is 10.4 Å². The fraction of sp³-hybridized carbons (Fsp3) is 0.409. The monoisotopic (exact) mass is 498 g/mol. The molecule has 5 atom stereocenters. The predicted molar refractivity (Wildman–Crippen MR) is 115 cm³/mol. The molecule has 0 aliphatic carbocycles. The van der Waals surface area contributed by atoms with Gasteiger partial charge in [-0.3, -0.25) is 0 Å². The van der Waals surface area contributed by atoms with Crippen LogP contribution in [0.25, 0.3) is 0 Å². The Balaban J connectivity index is 1.77. The first-order valence-corrected chi connectivity index (χ1v) is 10.2. The SMILES string of the molecule is COc1cc(OC)c(OC2OC(COC(=O)c3cc(O)c(O)c(O)c3)C(O)C(O)C2O)c(OC)c1. The van der Waals surface area contributed by atoms with Gasteiger partial charge in [0.05, 0.1) is 26.9 Å². The Hall–Kier alpha value is -3.65. The smallest absolute Gasteiger partial charge is 0.338 e. The van der Waals surface area contributed by atoms with Crippen LogP contribution in [0.2, 0.25) is 0 Å². The van der Waals surface area contributed by atoms with Gasteiger partial charge in [-0.25, -0.2) is 4.79 Å². The quantitative estimate of drug-likeness (QED) is 0.208. The van der Waals surface area contributed by atoms with Gasteiger partial charge in [0.1, 0.15) is 36.8 Å². The van der Waals surface area contributed by atoms with Crippen molar-refractivity contribution in [3.8, 4) is 40.2 Å². The van der Waals surface area contributed by atoms with Crippen LogP contribution in [0.15, 0.2) is 24.3 Å². The summed E-state index contributed by atoms with van der Waals surface area (Å²) in [4.78, 5) is 12.3. The zero-order valence-corrected chi connectivity index (χ0v) is 18.9. The number of esters is 1. The number of aromatic hydroxyl groups is 3. The van der Waals surface area contributed by atoms with Crippen molar-refractivity contribution in [2.75, 3.05) is 27.9 Å². The molecule has 2 aromatic carbocycles. The minimum absolute atomic E-state index is 0.00854. The van der Waals surface area contributed by atoms with Crippen molar-refractivity contribution in [2.45, 2.75) is 30.7 Å². The molecule has 0 bridgehead atoms. The van der Waals surface area contributed by atoms with Crippen molar-refractivity contribution in [2.24, 2.45) is 0 Å². The lowest BCUT2D eigenvalue weighted by atomic mass is 9.99. The number of phenolic OH excluding ortho intramolecular Hbond substituents is 3. The molecule has 13 heteroatoms. The molecule has 5 unspecified atom stereocenters. The van der Waals surface area contributed by atoms with E-state index in [1.165, 1.54) is 33.5 Å². The molecule has 13 nitrogen and oxygen atoms in total. The van der Waals surface area contributed by atoms with E-state index >= 15 is 0 Å². The van der Waals surface area contributed by atoms with E-state index in [1.54, 1.807) is 0 Å². The van der Waals surface area contributed by atoms with Crippen LogP contribution in [0.5, 0.6) is 40.2 Å². The normalized spacial score (nSPS) is 23.9. The molecule has 35 heavy (non-hydrogen) atoms. The number of hydrogen-bond donors (Lipinski definition) is 6. The molecule has 2 aromatic rings. The molecule has 0 amide bonds. The van der Waals surface area contributed by atoms with Gasteiger partial charge in [-0.2, -0.15) is 0 Å². The van der Waals surface area contributed by atoms with Gasteiger partial charge in [0.2, 0.25) is 12.0 Å². The standard InChI is InChI=1S/C22H26O13/c1-30-10-6-13(31-2)20(14(7-10)32-3)35-22-19(28)18(27)17(26)15(34-22)8-33-21(29)9-4-11(23)16(25)12(24)5-9/h4-7,15,17-19,22-28H,8H2,1-3H3. The summed E-state index contributed by atoms with van der Waals surface area (Å²) in [5.41, 5.74) is -0.302. The first-order chi connectivity index (χ1) is 16.6. The number of hydrogen-bond acceptors (Lipinski definition) is 13. The zero-order chi connectivity index (χ0) is 25.9. The second kappa shape index (κ2) is 10.7. The lowest BCUT2D eigenvalue weighted by molar-refractivity contribution is -0.277. The number of carbonyl (C=O) groups is 1. The summed E-state index contributed by atoms with van der Waals surface area (Å²) in [5, 5.41) is 59.5. The summed E-state index contributed by atoms with van der Waals surface area (Å²) in [6.07, 6.45) is -8.01. The predicted octanol–water partition coefficient (Wildman–Crippen LogP) is -0.127. The average Bonchev–Trinajstić information content (AvgIpc) is 2.85. The fourth-order valence-corrected chi connectivity index (χ4v) is 3.32. The van der Waals surface area contributed by atoms with Gasteiger partial charge in [0.15, 0.2) is 28.7 Å². The number of aliphatic hydroxyl groups excluding tert-OH is 3. The average molecular weight is 498 g/mol. The molecule has 6 N–H and O–H groups in total. The first kappa shape index (κ1) is 26.0. The third-order valence-electron chi connectivity index (χ3n) is 5.26. The van der Waals surface area contributed by atoms with Crippen LogP contribution >= 0.6 is 0 Å². The third kappa shape index (κ3) is 5.38. The Morgan fingerprint density at radius 3 is 1.94 bits per heavy atom. The number of ether oxygens (including phenoxy) is 6. The van der Waals surface area contributed by atoms with E-state index in [2.05, 4.69) is 0 Å². The van der Waals surface area contributed by atoms with E-state index < -0.39 is 60.5 Å². The van der Waals surface area contributed by atoms with Crippen LogP contribution in [0.4, 0.5) is 0 Å². The number of carbonyl (C=O) groups excluding carboxylic acids is 1. The summed E-state index contributed by atoms with van der Waals surface area (Å²) >= 11 is 0. The lowest BCUT2D eigenvalue weighted by Crippen LogP contribution is -2.60. The molecule has 0 spiro atoms. The Labute approximate surface area is 199 Å². The largest absolute Gasteiger partial charge is 0.504 e. The highest BCUT2D eigenvalue weighted by Crippen LogP contribution is 2.42. The van der Waals surface area contributed by atoms with E-state index in [0.717, 1.165) is 12.1 Å². The number of benzene rings is 2.